The molecule has 0 aromatic rings. The van der Waals surface area contributed by atoms with Crippen LogP contribution in [0, 0.1) is 0 Å². The maximum absolute atomic E-state index is 12.0. The van der Waals surface area contributed by atoms with Crippen molar-refractivity contribution < 1.29 is 9.50 Å². The monoisotopic (exact) mass is 152 g/mol. The normalized spacial score (nSPS) is 17.3. The van der Waals surface area contributed by atoms with Crippen LogP contribution in [0.5, 0.6) is 0 Å². The summed E-state index contributed by atoms with van der Waals surface area (Å²) < 4.78 is 12.0. The maximum Gasteiger partial charge on any atom is 0.169 e. The Kier molecular flexibility index (Phi) is 5.19. The molecule has 0 saturated heterocycles. The standard InChI is InChI=1S/C6H13FOS/c1-2-3-4-5(8)6(7)9/h5-6,8-9H,2-4H2,1H3. The number of aliphatic hydroxyl groups excluding tert-OH is 1. The van der Waals surface area contributed by atoms with E-state index < -0.39 is 11.6 Å². The number of halogens is 1. The molecule has 0 heterocycles. The van der Waals surface area contributed by atoms with E-state index in [4.69, 9.17) is 5.11 Å². The van der Waals surface area contributed by atoms with Gasteiger partial charge in [0.2, 0.25) is 0 Å². The summed E-state index contributed by atoms with van der Waals surface area (Å²) in [6.45, 7) is 2.00. The lowest BCUT2D eigenvalue weighted by atomic mass is 10.2. The number of alkyl halides is 1. The molecule has 0 aliphatic rings. The molecule has 56 valence electrons. The van der Waals surface area contributed by atoms with Crippen molar-refractivity contribution in [3.05, 3.63) is 0 Å². The Morgan fingerprint density at radius 2 is 2.22 bits per heavy atom. The van der Waals surface area contributed by atoms with Crippen molar-refractivity contribution in [1.82, 2.24) is 0 Å². The van der Waals surface area contributed by atoms with Crippen LogP contribution in [0.4, 0.5) is 4.39 Å². The van der Waals surface area contributed by atoms with Crippen LogP contribution < -0.4 is 0 Å². The molecule has 3 heteroatoms. The molecule has 0 rings (SSSR count). The SMILES string of the molecule is CCCCC(O)C(F)S. The zero-order valence-corrected chi connectivity index (χ0v) is 6.44. The molecule has 0 aliphatic heterocycles. The van der Waals surface area contributed by atoms with Crippen LogP contribution in [-0.4, -0.2) is 16.7 Å². The molecular formula is C6H13FOS. The van der Waals surface area contributed by atoms with Crippen LogP contribution in [0.3, 0.4) is 0 Å². The molecule has 0 aromatic heterocycles. The number of rotatable bonds is 4. The molecule has 0 radical (unpaired) electrons. The van der Waals surface area contributed by atoms with Crippen molar-refractivity contribution in [2.24, 2.45) is 0 Å². The van der Waals surface area contributed by atoms with E-state index in [1.807, 2.05) is 6.92 Å². The summed E-state index contributed by atoms with van der Waals surface area (Å²) in [4.78, 5) is 0. The van der Waals surface area contributed by atoms with E-state index in [1.165, 1.54) is 0 Å². The Morgan fingerprint density at radius 3 is 2.56 bits per heavy atom. The zero-order valence-electron chi connectivity index (χ0n) is 5.55. The lowest BCUT2D eigenvalue weighted by molar-refractivity contribution is 0.113. The topological polar surface area (TPSA) is 20.2 Å². The molecular weight excluding hydrogens is 139 g/mol. The second kappa shape index (κ2) is 5.06. The van der Waals surface area contributed by atoms with Crippen LogP contribution in [-0.2, 0) is 0 Å². The van der Waals surface area contributed by atoms with Crippen molar-refractivity contribution in [2.45, 2.75) is 37.8 Å². The highest BCUT2D eigenvalue weighted by Gasteiger charge is 2.11. The van der Waals surface area contributed by atoms with Crippen LogP contribution in [0.25, 0.3) is 0 Å². The van der Waals surface area contributed by atoms with Crippen LogP contribution in [0.15, 0.2) is 0 Å². The number of aliphatic hydroxyl groups is 1. The summed E-state index contributed by atoms with van der Waals surface area (Å²) in [5.74, 6) is 0. The molecule has 2 unspecified atom stereocenters. The molecule has 0 aliphatic carbocycles. The molecule has 0 fully saturated rings. The number of hydrogen-bond donors (Lipinski definition) is 2. The van der Waals surface area contributed by atoms with Gasteiger partial charge in [0.05, 0.1) is 6.10 Å². The average Bonchev–Trinajstić information content (AvgIpc) is 1.82. The van der Waals surface area contributed by atoms with E-state index in [1.54, 1.807) is 0 Å². The van der Waals surface area contributed by atoms with Gasteiger partial charge in [-0.2, -0.15) is 0 Å². The fourth-order valence-corrected chi connectivity index (χ4v) is 0.700. The lowest BCUT2D eigenvalue weighted by Gasteiger charge is -2.08. The minimum absolute atomic E-state index is 0.515. The first-order valence-electron chi connectivity index (χ1n) is 3.18. The highest BCUT2D eigenvalue weighted by Crippen LogP contribution is 2.09. The second-order valence-electron chi connectivity index (χ2n) is 2.08. The summed E-state index contributed by atoms with van der Waals surface area (Å²) in [7, 11) is 0. The van der Waals surface area contributed by atoms with E-state index in [9.17, 15) is 4.39 Å². The van der Waals surface area contributed by atoms with Gasteiger partial charge in [0.15, 0.2) is 5.50 Å². The van der Waals surface area contributed by atoms with Gasteiger partial charge in [-0.15, -0.1) is 12.6 Å². The molecule has 0 aromatic carbocycles. The zero-order chi connectivity index (χ0) is 7.28. The van der Waals surface area contributed by atoms with E-state index >= 15 is 0 Å². The van der Waals surface area contributed by atoms with Crippen LogP contribution >= 0.6 is 12.6 Å². The van der Waals surface area contributed by atoms with Gasteiger partial charge in [-0.3, -0.25) is 0 Å². The van der Waals surface area contributed by atoms with E-state index in [0.717, 1.165) is 12.8 Å². The Bertz CT molecular complexity index is 68.1. The number of thiol groups is 1. The van der Waals surface area contributed by atoms with Crippen molar-refractivity contribution in [2.75, 3.05) is 0 Å². The molecule has 0 saturated carbocycles. The van der Waals surface area contributed by atoms with Gasteiger partial charge in [0.1, 0.15) is 0 Å². The summed E-state index contributed by atoms with van der Waals surface area (Å²) in [5.41, 5.74) is -1.38. The highest BCUT2D eigenvalue weighted by molar-refractivity contribution is 7.80. The van der Waals surface area contributed by atoms with E-state index in [2.05, 4.69) is 12.6 Å². The molecule has 1 nitrogen and oxygen atoms in total. The largest absolute Gasteiger partial charge is 0.389 e. The second-order valence-corrected chi connectivity index (χ2v) is 2.58. The average molecular weight is 152 g/mol. The van der Waals surface area contributed by atoms with Gasteiger partial charge in [-0.25, -0.2) is 4.39 Å². The van der Waals surface area contributed by atoms with Crippen molar-refractivity contribution >= 4 is 12.6 Å². The quantitative estimate of drug-likeness (QED) is 0.588. The summed E-state index contributed by atoms with van der Waals surface area (Å²) >= 11 is 3.45. The van der Waals surface area contributed by atoms with Crippen LogP contribution in [0.1, 0.15) is 26.2 Å². The molecule has 0 amide bonds. The third-order valence-corrected chi connectivity index (χ3v) is 1.52. The van der Waals surface area contributed by atoms with E-state index in [-0.39, 0.29) is 0 Å². The first kappa shape index (κ1) is 9.24. The number of unbranched alkanes of at least 4 members (excludes halogenated alkanes) is 1. The Balaban J connectivity index is 3.16. The molecule has 1 N–H and O–H groups in total. The molecule has 9 heavy (non-hydrogen) atoms. The summed E-state index contributed by atoms with van der Waals surface area (Å²) in [6.07, 6.45) is 1.48. The third kappa shape index (κ3) is 4.73. The Labute approximate surface area is 60.7 Å². The van der Waals surface area contributed by atoms with Gasteiger partial charge in [-0.05, 0) is 6.42 Å². The summed E-state index contributed by atoms with van der Waals surface area (Å²) in [5, 5.41) is 8.81. The third-order valence-electron chi connectivity index (χ3n) is 1.17. The van der Waals surface area contributed by atoms with Crippen molar-refractivity contribution in [1.29, 1.82) is 0 Å². The fourth-order valence-electron chi connectivity index (χ4n) is 0.551. The predicted molar refractivity (Wildman–Crippen MR) is 39.4 cm³/mol. The lowest BCUT2D eigenvalue weighted by Crippen LogP contribution is -2.15. The minimum atomic E-state index is -1.38. The summed E-state index contributed by atoms with van der Waals surface area (Å²) in [6, 6.07) is 0. The van der Waals surface area contributed by atoms with Crippen molar-refractivity contribution in [3.8, 4) is 0 Å². The molecule has 0 bridgehead atoms. The minimum Gasteiger partial charge on any atom is -0.389 e. The first-order chi connectivity index (χ1) is 4.18. The van der Waals surface area contributed by atoms with Gasteiger partial charge in [0.25, 0.3) is 0 Å². The molecule has 0 spiro atoms. The predicted octanol–water partition coefficient (Wildman–Crippen LogP) is 1.76. The van der Waals surface area contributed by atoms with Crippen molar-refractivity contribution in [3.63, 3.8) is 0 Å². The van der Waals surface area contributed by atoms with Crippen LogP contribution in [0.2, 0.25) is 0 Å². The first-order valence-corrected chi connectivity index (χ1v) is 3.70. The fraction of sp³-hybridized carbons (Fsp3) is 1.00. The molecule has 2 atom stereocenters. The smallest absolute Gasteiger partial charge is 0.169 e. The number of hydrogen-bond acceptors (Lipinski definition) is 2. The highest BCUT2D eigenvalue weighted by atomic mass is 32.1. The van der Waals surface area contributed by atoms with Gasteiger partial charge in [0, 0.05) is 0 Å². The van der Waals surface area contributed by atoms with Gasteiger partial charge in [-0.1, -0.05) is 19.8 Å². The van der Waals surface area contributed by atoms with Gasteiger partial charge >= 0.3 is 0 Å². The Hall–Kier alpha value is 0.240. The maximum atomic E-state index is 12.0. The Morgan fingerprint density at radius 1 is 1.67 bits per heavy atom. The van der Waals surface area contributed by atoms with E-state index in [0.29, 0.717) is 6.42 Å². The van der Waals surface area contributed by atoms with Gasteiger partial charge < -0.3 is 5.11 Å².